The van der Waals surface area contributed by atoms with Crippen LogP contribution in [0.1, 0.15) is 64.9 Å². The third-order valence-corrected chi connectivity index (χ3v) is 5.51. The quantitative estimate of drug-likeness (QED) is 0.791. The van der Waals surface area contributed by atoms with Crippen molar-refractivity contribution in [1.29, 1.82) is 0 Å². The highest BCUT2D eigenvalue weighted by Crippen LogP contribution is 2.31. The number of aliphatic carboxylic acids is 1. The lowest BCUT2D eigenvalue weighted by Gasteiger charge is -2.40. The van der Waals surface area contributed by atoms with Gasteiger partial charge < -0.3 is 10.8 Å². The summed E-state index contributed by atoms with van der Waals surface area (Å²) in [6, 6.07) is 9.54. The second-order valence-electron chi connectivity index (χ2n) is 7.12. The number of carbonyl (C=O) groups is 1. The number of quaternary nitrogens is 1. The molecule has 4 N–H and O–H groups in total. The van der Waals surface area contributed by atoms with Gasteiger partial charge in [0.1, 0.15) is 5.54 Å². The first kappa shape index (κ1) is 21.7. The van der Waals surface area contributed by atoms with Gasteiger partial charge in [0.05, 0.1) is 6.54 Å². The molecule has 4 heteroatoms. The van der Waals surface area contributed by atoms with Crippen molar-refractivity contribution >= 4 is 5.97 Å². The van der Waals surface area contributed by atoms with Gasteiger partial charge in [-0.2, -0.15) is 0 Å². The number of hydrogen-bond acceptors (Lipinski definition) is 2. The minimum Gasteiger partial charge on any atom is -0.480 e. The molecule has 0 amide bonds. The number of carboxylic acid groups (broad SMARTS) is 1. The first-order valence-corrected chi connectivity index (χ1v) is 9.83. The van der Waals surface area contributed by atoms with Gasteiger partial charge in [-0.25, -0.2) is 4.79 Å². The number of carboxylic acids is 1. The molecule has 1 aliphatic heterocycles. The van der Waals surface area contributed by atoms with Gasteiger partial charge in [0.2, 0.25) is 0 Å². The van der Waals surface area contributed by atoms with Crippen molar-refractivity contribution in [2.75, 3.05) is 19.6 Å². The molecule has 25 heavy (non-hydrogen) atoms. The summed E-state index contributed by atoms with van der Waals surface area (Å²) in [4.78, 5) is 13.8. The summed E-state index contributed by atoms with van der Waals surface area (Å²) in [7, 11) is 0. The molecular formula is C21H37N2O2+. The minimum absolute atomic E-state index is 0.759. The lowest BCUT2D eigenvalue weighted by atomic mass is 9.88. The zero-order valence-corrected chi connectivity index (χ0v) is 16.3. The van der Waals surface area contributed by atoms with Gasteiger partial charge >= 0.3 is 5.97 Å². The monoisotopic (exact) mass is 349 g/mol. The average molecular weight is 350 g/mol. The molecule has 0 aromatic heterocycles. The molecular weight excluding hydrogens is 312 g/mol. The first-order valence-electron chi connectivity index (χ1n) is 9.83. The van der Waals surface area contributed by atoms with Crippen LogP contribution in [-0.2, 0) is 10.3 Å². The van der Waals surface area contributed by atoms with E-state index in [4.69, 9.17) is 0 Å². The number of piperidine rings is 1. The van der Waals surface area contributed by atoms with Gasteiger partial charge in [0.25, 0.3) is 0 Å². The molecule has 142 valence electrons. The lowest BCUT2D eigenvalue weighted by Crippen LogP contribution is -2.51. The predicted octanol–water partition coefficient (Wildman–Crippen LogP) is 3.53. The molecule has 1 aliphatic rings. The molecule has 1 unspecified atom stereocenters. The second kappa shape index (κ2) is 11.3. The van der Waals surface area contributed by atoms with Crippen LogP contribution in [-0.4, -0.2) is 35.6 Å². The Labute approximate surface area is 153 Å². The number of hydrogen-bond donors (Lipinski definition) is 2. The van der Waals surface area contributed by atoms with Crippen molar-refractivity contribution in [3.8, 4) is 0 Å². The molecule has 4 nitrogen and oxygen atoms in total. The highest BCUT2D eigenvalue weighted by molar-refractivity contribution is 5.80. The van der Waals surface area contributed by atoms with E-state index in [9.17, 15) is 9.90 Å². The standard InChI is InChI=1S/C14H19NO2.C7H17N/c1-14(13(16)17,12-8-4-2-5-9-12)15-10-6-3-7-11-15;1-3-7(4-2)5-6-8/h2,4-5,8-9H,3,6-7,10-11H2,1H3,(H,16,17);7H,3-6,8H2,1-2H3/p+1. The Kier molecular flexibility index (Phi) is 9.76. The largest absolute Gasteiger partial charge is 0.480 e. The summed E-state index contributed by atoms with van der Waals surface area (Å²) in [5.74, 6) is 0.179. The topological polar surface area (TPSA) is 68.2 Å². The molecule has 2 rings (SSSR count). The Morgan fingerprint density at radius 3 is 2.12 bits per heavy atom. The van der Waals surface area contributed by atoms with E-state index in [0.29, 0.717) is 0 Å². The van der Waals surface area contributed by atoms with Gasteiger partial charge in [0, 0.05) is 0 Å². The van der Waals surface area contributed by atoms with Crippen LogP contribution >= 0.6 is 0 Å². The van der Waals surface area contributed by atoms with Gasteiger partial charge in [-0.15, -0.1) is 0 Å². The molecule has 1 atom stereocenters. The van der Waals surface area contributed by atoms with Crippen molar-refractivity contribution in [1.82, 2.24) is 4.90 Å². The number of nitrogens with zero attached hydrogens (tertiary/aromatic N) is 1. The third-order valence-electron chi connectivity index (χ3n) is 5.51. The van der Waals surface area contributed by atoms with Crippen LogP contribution in [0.5, 0.6) is 0 Å². The molecule has 1 aromatic carbocycles. The second-order valence-corrected chi connectivity index (χ2v) is 7.12. The van der Waals surface area contributed by atoms with Crippen LogP contribution in [0, 0.1) is 5.92 Å². The fraction of sp³-hybridized carbons (Fsp3) is 0.667. The SMILES string of the molecule is CC(C(=O)O)(c1ccccc1)N1CCCCC1.CCC(CC)CC[NH3+]. The number of rotatable bonds is 7. The molecule has 0 spiro atoms. The van der Waals surface area contributed by atoms with E-state index in [1.807, 2.05) is 37.3 Å². The molecule has 1 fully saturated rings. The summed E-state index contributed by atoms with van der Waals surface area (Å²) < 4.78 is 0. The molecule has 0 radical (unpaired) electrons. The van der Waals surface area contributed by atoms with E-state index < -0.39 is 11.5 Å². The molecule has 0 bridgehead atoms. The van der Waals surface area contributed by atoms with E-state index in [1.165, 1.54) is 25.7 Å². The van der Waals surface area contributed by atoms with Crippen molar-refractivity contribution in [3.05, 3.63) is 35.9 Å². The summed E-state index contributed by atoms with van der Waals surface area (Å²) >= 11 is 0. The van der Waals surface area contributed by atoms with Crippen molar-refractivity contribution in [2.24, 2.45) is 5.92 Å². The van der Waals surface area contributed by atoms with Crippen LogP contribution in [0.3, 0.4) is 0 Å². The summed E-state index contributed by atoms with van der Waals surface area (Å²) in [5, 5.41) is 9.60. The Balaban J connectivity index is 0.000000333. The van der Waals surface area contributed by atoms with E-state index in [-0.39, 0.29) is 0 Å². The van der Waals surface area contributed by atoms with Crippen LogP contribution < -0.4 is 5.73 Å². The molecule has 1 heterocycles. The summed E-state index contributed by atoms with van der Waals surface area (Å²) in [6.45, 7) is 9.17. The van der Waals surface area contributed by atoms with Crippen LogP contribution in [0.2, 0.25) is 0 Å². The summed E-state index contributed by atoms with van der Waals surface area (Å²) in [6.07, 6.45) is 7.36. The fourth-order valence-corrected chi connectivity index (χ4v) is 3.53. The average Bonchev–Trinajstić information content (AvgIpc) is 2.67. The van der Waals surface area contributed by atoms with Crippen LogP contribution in [0.15, 0.2) is 30.3 Å². The van der Waals surface area contributed by atoms with Crippen molar-refractivity contribution in [3.63, 3.8) is 0 Å². The van der Waals surface area contributed by atoms with E-state index in [1.54, 1.807) is 0 Å². The zero-order valence-electron chi connectivity index (χ0n) is 16.3. The Bertz CT molecular complexity index is 482. The van der Waals surface area contributed by atoms with E-state index >= 15 is 0 Å². The van der Waals surface area contributed by atoms with Gasteiger partial charge in [-0.3, -0.25) is 4.90 Å². The molecule has 0 aliphatic carbocycles. The van der Waals surface area contributed by atoms with E-state index in [0.717, 1.165) is 44.0 Å². The highest BCUT2D eigenvalue weighted by atomic mass is 16.4. The summed E-state index contributed by atoms with van der Waals surface area (Å²) in [5.41, 5.74) is 3.80. The van der Waals surface area contributed by atoms with Crippen molar-refractivity contribution in [2.45, 2.75) is 64.8 Å². The van der Waals surface area contributed by atoms with Gasteiger partial charge in [-0.05, 0) is 50.8 Å². The Hall–Kier alpha value is -1.39. The lowest BCUT2D eigenvalue weighted by molar-refractivity contribution is -0.370. The maximum atomic E-state index is 11.7. The van der Waals surface area contributed by atoms with Crippen LogP contribution in [0.4, 0.5) is 0 Å². The smallest absolute Gasteiger partial charge is 0.328 e. The minimum atomic E-state index is -0.887. The Morgan fingerprint density at radius 2 is 1.72 bits per heavy atom. The fourth-order valence-electron chi connectivity index (χ4n) is 3.53. The molecule has 0 saturated carbocycles. The number of benzene rings is 1. The van der Waals surface area contributed by atoms with Crippen molar-refractivity contribution < 1.29 is 15.6 Å². The first-order chi connectivity index (χ1) is 12.0. The number of likely N-dealkylation sites (tertiary alicyclic amines) is 1. The molecule has 1 aromatic rings. The van der Waals surface area contributed by atoms with Crippen LogP contribution in [0.25, 0.3) is 0 Å². The van der Waals surface area contributed by atoms with E-state index in [2.05, 4.69) is 24.5 Å². The highest BCUT2D eigenvalue weighted by Gasteiger charge is 2.41. The third kappa shape index (κ3) is 6.12. The normalized spacial score (nSPS) is 17.5. The predicted molar refractivity (Wildman–Crippen MR) is 103 cm³/mol. The Morgan fingerprint density at radius 1 is 1.16 bits per heavy atom. The van der Waals surface area contributed by atoms with Gasteiger partial charge in [-0.1, -0.05) is 63.4 Å². The zero-order chi connectivity index (χ0) is 18.7. The molecule has 1 saturated heterocycles. The maximum Gasteiger partial charge on any atom is 0.328 e. The maximum absolute atomic E-state index is 11.7. The van der Waals surface area contributed by atoms with Gasteiger partial charge in [0.15, 0.2) is 0 Å².